The van der Waals surface area contributed by atoms with Gasteiger partial charge in [0.2, 0.25) is 0 Å². The summed E-state index contributed by atoms with van der Waals surface area (Å²) in [6.07, 6.45) is 1.79. The van der Waals surface area contributed by atoms with Crippen molar-refractivity contribution in [3.8, 4) is 0 Å². The molecule has 0 aromatic carbocycles. The highest BCUT2D eigenvalue weighted by atomic mass is 28.4. The summed E-state index contributed by atoms with van der Waals surface area (Å²) in [5.74, 6) is 0. The Morgan fingerprint density at radius 1 is 0.516 bits per heavy atom. The summed E-state index contributed by atoms with van der Waals surface area (Å²) in [5, 5.41) is 7.57. The Bertz CT molecular complexity index is 283. The third-order valence-electron chi connectivity index (χ3n) is 3.56. The van der Waals surface area contributed by atoms with Crippen LogP contribution in [0.2, 0.25) is 12.1 Å². The summed E-state index contributed by atoms with van der Waals surface area (Å²) in [5.41, 5.74) is 11.0. The largest absolute Gasteiger partial charge is 0.500 e. The van der Waals surface area contributed by atoms with Crippen molar-refractivity contribution in [3.63, 3.8) is 0 Å². The summed E-state index contributed by atoms with van der Waals surface area (Å²) in [7, 11) is -4.79. The van der Waals surface area contributed by atoms with Crippen LogP contribution >= 0.6 is 0 Å². The number of nitrogens with two attached hydrogens (primary N) is 2. The molecule has 0 aromatic heterocycles. The van der Waals surface area contributed by atoms with E-state index in [9.17, 15) is 0 Å². The third-order valence-corrected chi connectivity index (χ3v) is 9.86. The second-order valence-electron chi connectivity index (χ2n) is 6.06. The molecule has 0 unspecified atom stereocenters. The van der Waals surface area contributed by atoms with Crippen molar-refractivity contribution in [2.24, 2.45) is 11.5 Å². The van der Waals surface area contributed by atoms with Crippen LogP contribution in [0.4, 0.5) is 0 Å². The smallest absolute Gasteiger partial charge is 0.397 e. The Kier molecular flexibility index (Phi) is 30.3. The second-order valence-corrected chi connectivity index (χ2v) is 11.5. The number of rotatable bonds is 18. The first kappa shape index (κ1) is 35.7. The van der Waals surface area contributed by atoms with Gasteiger partial charge in [0.1, 0.15) is 0 Å². The monoisotopic (exact) mass is 488 g/mol. The molecule has 0 aliphatic rings. The van der Waals surface area contributed by atoms with Gasteiger partial charge in [-0.2, -0.15) is 0 Å². The summed E-state index contributed by atoms with van der Waals surface area (Å²) in [6, 6.07) is 1.64. The summed E-state index contributed by atoms with van der Waals surface area (Å²) in [6.45, 7) is 18.8. The molecular weight excluding hydrogens is 436 g/mol. The van der Waals surface area contributed by atoms with Crippen LogP contribution in [0.25, 0.3) is 0 Å². The minimum atomic E-state index is -2.40. The molecule has 0 heterocycles. The molecule has 5 N–H and O–H groups in total. The van der Waals surface area contributed by atoms with Crippen LogP contribution in [0.15, 0.2) is 0 Å². The molecule has 0 aromatic rings. The van der Waals surface area contributed by atoms with E-state index in [0.717, 1.165) is 24.9 Å². The maximum absolute atomic E-state index is 7.57. The van der Waals surface area contributed by atoms with Crippen LogP contribution < -0.4 is 11.5 Å². The van der Waals surface area contributed by atoms with Crippen molar-refractivity contribution in [2.75, 3.05) is 59.3 Å². The fourth-order valence-corrected chi connectivity index (χ4v) is 7.92. The van der Waals surface area contributed by atoms with E-state index in [1.807, 2.05) is 41.5 Å². The molecule has 0 spiro atoms. The molecule has 0 fully saturated rings. The van der Waals surface area contributed by atoms with Crippen LogP contribution in [-0.4, -0.2) is 82.1 Å². The molecule has 192 valence electrons. The molecule has 0 atom stereocenters. The van der Waals surface area contributed by atoms with E-state index in [0.29, 0.717) is 52.7 Å². The average Bonchev–Trinajstić information content (AvgIpc) is 2.73. The molecule has 11 heteroatoms. The predicted octanol–water partition coefficient (Wildman–Crippen LogP) is 2.77. The van der Waals surface area contributed by atoms with E-state index in [1.165, 1.54) is 0 Å². The minimum absolute atomic E-state index is 0.250. The zero-order chi connectivity index (χ0) is 24.4. The molecule has 0 saturated carbocycles. The second kappa shape index (κ2) is 26.3. The van der Waals surface area contributed by atoms with E-state index in [2.05, 4.69) is 0 Å². The van der Waals surface area contributed by atoms with Gasteiger partial charge in [-0.1, -0.05) is 0 Å². The Morgan fingerprint density at radius 3 is 0.839 bits per heavy atom. The van der Waals surface area contributed by atoms with Gasteiger partial charge in [-0.15, -0.1) is 0 Å². The standard InChI is InChI=1S/2C9H23NO3Si.C2H6O/c2*1-4-11-14(12-5-2,13-6-3)9-7-8-10;1-2-3/h2*4-10H2,1-3H3;3H,2H2,1H3. The van der Waals surface area contributed by atoms with Crippen molar-refractivity contribution in [1.29, 1.82) is 0 Å². The number of aliphatic hydroxyl groups excluding tert-OH is 1. The SMILES string of the molecule is CCO.CCO[Si](CCCN)(OCC)OCC.CCO[Si](CCCN)(OCC)OCC. The van der Waals surface area contributed by atoms with Gasteiger partial charge in [0, 0.05) is 58.3 Å². The lowest BCUT2D eigenvalue weighted by Gasteiger charge is -2.28. The zero-order valence-corrected chi connectivity index (χ0v) is 23.2. The molecule has 9 nitrogen and oxygen atoms in total. The van der Waals surface area contributed by atoms with Gasteiger partial charge >= 0.3 is 17.6 Å². The van der Waals surface area contributed by atoms with E-state index < -0.39 is 17.6 Å². The van der Waals surface area contributed by atoms with Gasteiger partial charge in [0.25, 0.3) is 0 Å². The topological polar surface area (TPSA) is 128 Å². The molecule has 0 rings (SSSR count). The Labute approximate surface area is 193 Å². The minimum Gasteiger partial charge on any atom is -0.397 e. The molecule has 0 bridgehead atoms. The van der Waals surface area contributed by atoms with E-state index >= 15 is 0 Å². The lowest BCUT2D eigenvalue weighted by atomic mass is 10.5. The predicted molar refractivity (Wildman–Crippen MR) is 131 cm³/mol. The maximum atomic E-state index is 7.57. The zero-order valence-electron chi connectivity index (χ0n) is 21.2. The Balaban J connectivity index is -0.000000448. The third kappa shape index (κ3) is 20.4. The number of hydrogen-bond donors (Lipinski definition) is 3. The van der Waals surface area contributed by atoms with Crippen LogP contribution in [-0.2, 0) is 26.6 Å². The first-order valence-corrected chi connectivity index (χ1v) is 15.6. The lowest BCUT2D eigenvalue weighted by Crippen LogP contribution is -2.46. The van der Waals surface area contributed by atoms with Crippen molar-refractivity contribution < 1.29 is 31.7 Å². The van der Waals surface area contributed by atoms with Crippen molar-refractivity contribution in [3.05, 3.63) is 0 Å². The fraction of sp³-hybridized carbons (Fsp3) is 1.00. The first-order chi connectivity index (χ1) is 14.9. The van der Waals surface area contributed by atoms with Crippen LogP contribution in [0, 0.1) is 0 Å². The van der Waals surface area contributed by atoms with Crippen LogP contribution in [0.3, 0.4) is 0 Å². The van der Waals surface area contributed by atoms with Gasteiger partial charge in [-0.05, 0) is 74.4 Å². The molecule has 0 aliphatic carbocycles. The van der Waals surface area contributed by atoms with Gasteiger partial charge < -0.3 is 43.1 Å². The number of aliphatic hydroxyl groups is 1. The maximum Gasteiger partial charge on any atom is 0.500 e. The van der Waals surface area contributed by atoms with E-state index in [-0.39, 0.29) is 6.61 Å². The van der Waals surface area contributed by atoms with Gasteiger partial charge in [-0.25, -0.2) is 0 Å². The van der Waals surface area contributed by atoms with Gasteiger partial charge in [0.05, 0.1) is 0 Å². The van der Waals surface area contributed by atoms with Crippen molar-refractivity contribution >= 4 is 17.6 Å². The summed E-state index contributed by atoms with van der Waals surface area (Å²) < 4.78 is 33.9. The highest BCUT2D eigenvalue weighted by molar-refractivity contribution is 6.61. The summed E-state index contributed by atoms with van der Waals surface area (Å²) in [4.78, 5) is 0. The number of hydrogen-bond acceptors (Lipinski definition) is 9. The fourth-order valence-electron chi connectivity index (χ4n) is 2.64. The summed E-state index contributed by atoms with van der Waals surface area (Å²) >= 11 is 0. The van der Waals surface area contributed by atoms with Gasteiger partial charge in [-0.3, -0.25) is 0 Å². The first-order valence-electron chi connectivity index (χ1n) is 11.7. The van der Waals surface area contributed by atoms with E-state index in [4.69, 9.17) is 43.1 Å². The average molecular weight is 489 g/mol. The van der Waals surface area contributed by atoms with Crippen LogP contribution in [0.1, 0.15) is 61.3 Å². The van der Waals surface area contributed by atoms with E-state index in [1.54, 1.807) is 6.92 Å². The van der Waals surface area contributed by atoms with Gasteiger partial charge in [0.15, 0.2) is 0 Å². The molecule has 31 heavy (non-hydrogen) atoms. The molecule has 0 amide bonds. The lowest BCUT2D eigenvalue weighted by molar-refractivity contribution is 0.0702. The van der Waals surface area contributed by atoms with Crippen molar-refractivity contribution in [1.82, 2.24) is 0 Å². The molecule has 0 radical (unpaired) electrons. The normalized spacial score (nSPS) is 11.4. The highest BCUT2D eigenvalue weighted by Crippen LogP contribution is 2.18. The molecule has 0 aliphatic heterocycles. The Hall–Kier alpha value is 0.0738. The van der Waals surface area contributed by atoms with Crippen molar-refractivity contribution in [2.45, 2.75) is 73.4 Å². The quantitative estimate of drug-likeness (QED) is 0.249. The molecule has 0 saturated heterocycles. The molecular formula is C20H52N2O7Si2. The van der Waals surface area contributed by atoms with Crippen LogP contribution in [0.5, 0.6) is 0 Å². The Morgan fingerprint density at radius 2 is 0.710 bits per heavy atom. The highest BCUT2D eigenvalue weighted by Gasteiger charge is 2.40.